The molecule has 0 N–H and O–H groups in total. The van der Waals surface area contributed by atoms with Crippen molar-refractivity contribution in [3.63, 3.8) is 0 Å². The van der Waals surface area contributed by atoms with Gasteiger partial charge in [-0.3, -0.25) is 0 Å². The summed E-state index contributed by atoms with van der Waals surface area (Å²) in [6.07, 6.45) is 0. The average Bonchev–Trinajstić information content (AvgIpc) is 2.59. The molecule has 2 aromatic rings. The van der Waals surface area contributed by atoms with Crippen LogP contribution in [-0.4, -0.2) is 45.5 Å². The molecule has 2 heterocycles. The summed E-state index contributed by atoms with van der Waals surface area (Å²) >= 11 is 0. The van der Waals surface area contributed by atoms with Crippen molar-refractivity contribution in [3.05, 3.63) is 23.8 Å². The third kappa shape index (κ3) is 2.51. The van der Waals surface area contributed by atoms with E-state index >= 15 is 0 Å². The number of aromatic nitrogens is 1. The molecular weight excluding hydrogens is 282 g/mol. The number of benzene rings is 1. The van der Waals surface area contributed by atoms with Gasteiger partial charge in [0, 0.05) is 24.5 Å². The van der Waals surface area contributed by atoms with Crippen LogP contribution in [0.15, 0.2) is 18.2 Å². The summed E-state index contributed by atoms with van der Waals surface area (Å²) in [5, 5.41) is 10.3. The third-order valence-electron chi connectivity index (χ3n) is 3.73. The number of hydrogen-bond acceptors (Lipinski definition) is 6. The summed E-state index contributed by atoms with van der Waals surface area (Å²) in [5.41, 5.74) is 1.33. The van der Waals surface area contributed by atoms with E-state index in [1.807, 2.05) is 18.2 Å². The number of fused-ring (bicyclic) bond motifs is 1. The zero-order valence-corrected chi connectivity index (χ0v) is 12.6. The van der Waals surface area contributed by atoms with Gasteiger partial charge in [0.2, 0.25) is 0 Å². The largest absolute Gasteiger partial charge is 0.493 e. The molecular formula is C16H17N3O3. The van der Waals surface area contributed by atoms with Crippen LogP contribution in [0.5, 0.6) is 11.5 Å². The Morgan fingerprint density at radius 2 is 1.82 bits per heavy atom. The normalized spacial score (nSPS) is 14.7. The summed E-state index contributed by atoms with van der Waals surface area (Å²) in [4.78, 5) is 6.75. The van der Waals surface area contributed by atoms with Gasteiger partial charge in [-0.25, -0.2) is 4.98 Å². The molecule has 0 atom stereocenters. The third-order valence-corrected chi connectivity index (χ3v) is 3.73. The predicted molar refractivity (Wildman–Crippen MR) is 82.6 cm³/mol. The number of methoxy groups -OCH3 is 2. The van der Waals surface area contributed by atoms with E-state index in [4.69, 9.17) is 14.2 Å². The minimum Gasteiger partial charge on any atom is -0.493 e. The highest BCUT2D eigenvalue weighted by Crippen LogP contribution is 2.33. The molecule has 3 rings (SSSR count). The Hall–Kier alpha value is -2.52. The van der Waals surface area contributed by atoms with Gasteiger partial charge in [0.1, 0.15) is 11.9 Å². The molecule has 22 heavy (non-hydrogen) atoms. The van der Waals surface area contributed by atoms with E-state index in [1.54, 1.807) is 14.2 Å². The molecule has 0 spiro atoms. The van der Waals surface area contributed by atoms with Crippen molar-refractivity contribution < 1.29 is 14.2 Å². The highest BCUT2D eigenvalue weighted by molar-refractivity contribution is 5.86. The van der Waals surface area contributed by atoms with Gasteiger partial charge >= 0.3 is 0 Å². The number of nitrogens with zero attached hydrogens (tertiary/aromatic N) is 3. The molecule has 0 amide bonds. The van der Waals surface area contributed by atoms with Crippen molar-refractivity contribution in [2.24, 2.45) is 0 Å². The number of rotatable bonds is 3. The van der Waals surface area contributed by atoms with Crippen LogP contribution in [0.4, 0.5) is 5.82 Å². The zero-order valence-electron chi connectivity index (χ0n) is 12.6. The molecule has 1 aromatic heterocycles. The number of hydrogen-bond donors (Lipinski definition) is 0. The fourth-order valence-electron chi connectivity index (χ4n) is 2.59. The highest BCUT2D eigenvalue weighted by Gasteiger charge is 2.18. The van der Waals surface area contributed by atoms with E-state index in [0.717, 1.165) is 24.0 Å². The van der Waals surface area contributed by atoms with E-state index in [2.05, 4.69) is 16.0 Å². The quantitative estimate of drug-likeness (QED) is 0.863. The summed E-state index contributed by atoms with van der Waals surface area (Å²) in [5.74, 6) is 1.95. The second kappa shape index (κ2) is 6.08. The second-order valence-electron chi connectivity index (χ2n) is 4.97. The SMILES string of the molecule is COc1cc2cc(C#N)c(N3CCOCC3)nc2cc1OC. The van der Waals surface area contributed by atoms with Gasteiger partial charge in [-0.15, -0.1) is 0 Å². The lowest BCUT2D eigenvalue weighted by atomic mass is 10.1. The fourth-order valence-corrected chi connectivity index (χ4v) is 2.59. The van der Waals surface area contributed by atoms with Crippen molar-refractivity contribution in [2.75, 3.05) is 45.4 Å². The zero-order chi connectivity index (χ0) is 15.5. The minimum atomic E-state index is 0.557. The number of anilines is 1. The van der Waals surface area contributed by atoms with Gasteiger partial charge in [0.05, 0.1) is 38.5 Å². The molecule has 0 unspecified atom stereocenters. The van der Waals surface area contributed by atoms with Crippen LogP contribution in [0.2, 0.25) is 0 Å². The van der Waals surface area contributed by atoms with Crippen LogP contribution in [0.3, 0.4) is 0 Å². The Morgan fingerprint density at radius 1 is 1.14 bits per heavy atom. The van der Waals surface area contributed by atoms with Crippen molar-refractivity contribution in [2.45, 2.75) is 0 Å². The number of nitriles is 1. The van der Waals surface area contributed by atoms with Crippen LogP contribution < -0.4 is 14.4 Å². The van der Waals surface area contributed by atoms with Gasteiger partial charge in [-0.2, -0.15) is 5.26 Å². The maximum Gasteiger partial charge on any atom is 0.162 e. The average molecular weight is 299 g/mol. The molecule has 1 aromatic carbocycles. The molecule has 0 aliphatic carbocycles. The monoisotopic (exact) mass is 299 g/mol. The fraction of sp³-hybridized carbons (Fsp3) is 0.375. The first-order chi connectivity index (χ1) is 10.8. The Balaban J connectivity index is 2.14. The molecule has 6 heteroatoms. The molecule has 1 saturated heterocycles. The molecule has 0 radical (unpaired) electrons. The second-order valence-corrected chi connectivity index (χ2v) is 4.97. The number of pyridine rings is 1. The lowest BCUT2D eigenvalue weighted by molar-refractivity contribution is 0.122. The van der Waals surface area contributed by atoms with Gasteiger partial charge in [0.15, 0.2) is 11.5 Å². The summed E-state index contributed by atoms with van der Waals surface area (Å²) in [6, 6.07) is 7.75. The summed E-state index contributed by atoms with van der Waals surface area (Å²) in [6.45, 7) is 2.77. The van der Waals surface area contributed by atoms with Crippen molar-refractivity contribution in [1.29, 1.82) is 5.26 Å². The van der Waals surface area contributed by atoms with Crippen LogP contribution in [-0.2, 0) is 4.74 Å². The Kier molecular flexibility index (Phi) is 3.98. The molecule has 6 nitrogen and oxygen atoms in total. The topological polar surface area (TPSA) is 67.6 Å². The van der Waals surface area contributed by atoms with Gasteiger partial charge in [-0.1, -0.05) is 0 Å². The Labute approximate surface area is 128 Å². The number of ether oxygens (including phenoxy) is 3. The van der Waals surface area contributed by atoms with Gasteiger partial charge in [-0.05, 0) is 12.1 Å². The Bertz CT molecular complexity index is 733. The maximum atomic E-state index is 9.43. The number of morpholine rings is 1. The highest BCUT2D eigenvalue weighted by atomic mass is 16.5. The molecule has 114 valence electrons. The van der Waals surface area contributed by atoms with Crippen LogP contribution >= 0.6 is 0 Å². The molecule has 1 aliphatic heterocycles. The van der Waals surface area contributed by atoms with Crippen molar-refractivity contribution >= 4 is 16.7 Å². The first-order valence-corrected chi connectivity index (χ1v) is 7.06. The minimum absolute atomic E-state index is 0.557. The summed E-state index contributed by atoms with van der Waals surface area (Å²) in [7, 11) is 3.18. The van der Waals surface area contributed by atoms with Crippen LogP contribution in [0.1, 0.15) is 5.56 Å². The van der Waals surface area contributed by atoms with Gasteiger partial charge in [0.25, 0.3) is 0 Å². The van der Waals surface area contributed by atoms with E-state index in [1.165, 1.54) is 0 Å². The van der Waals surface area contributed by atoms with E-state index < -0.39 is 0 Å². The molecule has 0 bridgehead atoms. The first kappa shape index (κ1) is 14.4. The molecule has 1 fully saturated rings. The van der Waals surface area contributed by atoms with Crippen LogP contribution in [0, 0.1) is 11.3 Å². The summed E-state index contributed by atoms with van der Waals surface area (Å²) < 4.78 is 16.0. The van der Waals surface area contributed by atoms with E-state index in [0.29, 0.717) is 36.1 Å². The van der Waals surface area contributed by atoms with Crippen LogP contribution in [0.25, 0.3) is 10.9 Å². The van der Waals surface area contributed by atoms with E-state index in [-0.39, 0.29) is 0 Å². The van der Waals surface area contributed by atoms with Crippen molar-refractivity contribution in [1.82, 2.24) is 4.98 Å². The molecule has 1 aliphatic rings. The Morgan fingerprint density at radius 3 is 2.45 bits per heavy atom. The maximum absolute atomic E-state index is 9.43. The van der Waals surface area contributed by atoms with Crippen molar-refractivity contribution in [3.8, 4) is 17.6 Å². The lowest BCUT2D eigenvalue weighted by Gasteiger charge is -2.28. The standard InChI is InChI=1S/C16H17N3O3/c1-20-14-8-11-7-12(10-17)16(19-3-5-22-6-4-19)18-13(11)9-15(14)21-2/h7-9H,3-6H2,1-2H3. The van der Waals surface area contributed by atoms with Gasteiger partial charge < -0.3 is 19.1 Å². The lowest BCUT2D eigenvalue weighted by Crippen LogP contribution is -2.37. The van der Waals surface area contributed by atoms with E-state index in [9.17, 15) is 5.26 Å². The first-order valence-electron chi connectivity index (χ1n) is 7.06. The molecule has 0 saturated carbocycles. The predicted octanol–water partition coefficient (Wildman–Crippen LogP) is 1.96. The smallest absolute Gasteiger partial charge is 0.162 e.